The molecule has 0 aromatic heterocycles. The van der Waals surface area contributed by atoms with E-state index >= 15 is 0 Å². The van der Waals surface area contributed by atoms with Gasteiger partial charge >= 0.3 is 11.9 Å². The molecule has 104 valence electrons. The average Bonchev–Trinajstić information content (AvgIpc) is 2.14. The van der Waals surface area contributed by atoms with Crippen molar-refractivity contribution >= 4 is 11.9 Å². The van der Waals surface area contributed by atoms with E-state index in [9.17, 15) is 9.59 Å². The fourth-order valence-corrected chi connectivity index (χ4v) is 1.14. The maximum atomic E-state index is 11.7. The largest absolute Gasteiger partial charge is 0.460 e. The predicted molar refractivity (Wildman–Crippen MR) is 70.1 cm³/mol. The van der Waals surface area contributed by atoms with Crippen molar-refractivity contribution < 1.29 is 19.1 Å². The van der Waals surface area contributed by atoms with Crippen LogP contribution >= 0.6 is 0 Å². The lowest BCUT2D eigenvalue weighted by molar-refractivity contribution is -0.167. The first-order valence-electron chi connectivity index (χ1n) is 6.10. The number of esters is 2. The number of hydrogen-bond donors (Lipinski definition) is 0. The van der Waals surface area contributed by atoms with Crippen LogP contribution in [0.15, 0.2) is 12.2 Å². The molecule has 0 aliphatic heterocycles. The third-order valence-corrected chi connectivity index (χ3v) is 2.53. The summed E-state index contributed by atoms with van der Waals surface area (Å²) in [5.74, 6) is -0.871. The minimum atomic E-state index is -0.892. The summed E-state index contributed by atoms with van der Waals surface area (Å²) in [6, 6.07) is 0. The number of carbonyl (C=O) groups is 2. The highest BCUT2D eigenvalue weighted by atomic mass is 16.6. The third-order valence-electron chi connectivity index (χ3n) is 2.53. The van der Waals surface area contributed by atoms with Gasteiger partial charge in [-0.3, -0.25) is 4.79 Å². The maximum Gasteiger partial charge on any atom is 0.333 e. The van der Waals surface area contributed by atoms with Gasteiger partial charge in [0.05, 0.1) is 6.42 Å². The molecule has 0 amide bonds. The smallest absolute Gasteiger partial charge is 0.333 e. The number of carbonyl (C=O) groups excluding carboxylic acids is 2. The molecule has 0 aromatic carbocycles. The van der Waals surface area contributed by atoms with E-state index in [1.807, 2.05) is 20.8 Å². The second-order valence-electron chi connectivity index (χ2n) is 5.69. The van der Waals surface area contributed by atoms with Crippen LogP contribution in [0.5, 0.6) is 0 Å². The molecular formula is C14H24O4. The second-order valence-corrected chi connectivity index (χ2v) is 5.69. The van der Waals surface area contributed by atoms with Crippen molar-refractivity contribution in [3.63, 3.8) is 0 Å². The lowest BCUT2D eigenvalue weighted by Gasteiger charge is -2.28. The summed E-state index contributed by atoms with van der Waals surface area (Å²) in [7, 11) is 0. The monoisotopic (exact) mass is 256 g/mol. The normalized spacial score (nSPS) is 11.9. The zero-order valence-corrected chi connectivity index (χ0v) is 12.3. The fraction of sp³-hybridized carbons (Fsp3) is 0.714. The Morgan fingerprint density at radius 3 is 1.94 bits per heavy atom. The average molecular weight is 256 g/mol. The van der Waals surface area contributed by atoms with Gasteiger partial charge < -0.3 is 9.47 Å². The van der Waals surface area contributed by atoms with Gasteiger partial charge in [0, 0.05) is 5.57 Å². The molecule has 0 fully saturated rings. The van der Waals surface area contributed by atoms with E-state index in [1.165, 1.54) is 0 Å². The molecule has 4 heteroatoms. The molecule has 0 spiro atoms. The Morgan fingerprint density at radius 2 is 1.56 bits per heavy atom. The van der Waals surface area contributed by atoms with Gasteiger partial charge in [-0.2, -0.15) is 0 Å². The highest BCUT2D eigenvalue weighted by molar-refractivity contribution is 5.87. The molecule has 4 nitrogen and oxygen atoms in total. The minimum Gasteiger partial charge on any atom is -0.460 e. The summed E-state index contributed by atoms with van der Waals surface area (Å²) in [5, 5.41) is 0. The summed E-state index contributed by atoms with van der Waals surface area (Å²) in [6.07, 6.45) is 0.750. The molecule has 0 heterocycles. The molecule has 0 unspecified atom stereocenters. The van der Waals surface area contributed by atoms with Crippen LogP contribution in [0.2, 0.25) is 0 Å². The van der Waals surface area contributed by atoms with Crippen LogP contribution in [0.3, 0.4) is 0 Å². The first kappa shape index (κ1) is 16.7. The second kappa shape index (κ2) is 6.03. The number of rotatable bonds is 6. The fourth-order valence-electron chi connectivity index (χ4n) is 1.14. The quantitative estimate of drug-likeness (QED) is 0.541. The summed E-state index contributed by atoms with van der Waals surface area (Å²) >= 11 is 0. The van der Waals surface area contributed by atoms with Crippen LogP contribution in [0, 0.1) is 0 Å². The van der Waals surface area contributed by atoms with E-state index in [1.54, 1.807) is 20.8 Å². The molecule has 0 N–H and O–H groups in total. The summed E-state index contributed by atoms with van der Waals surface area (Å²) in [5.41, 5.74) is -1.08. The molecule has 0 aliphatic rings. The van der Waals surface area contributed by atoms with Gasteiger partial charge in [-0.25, -0.2) is 4.79 Å². The van der Waals surface area contributed by atoms with Gasteiger partial charge in [0.1, 0.15) is 11.2 Å². The van der Waals surface area contributed by atoms with Crippen LogP contribution in [0.1, 0.15) is 54.4 Å². The van der Waals surface area contributed by atoms with Crippen molar-refractivity contribution in [1.29, 1.82) is 0 Å². The van der Waals surface area contributed by atoms with E-state index in [2.05, 4.69) is 6.58 Å². The molecule has 0 aliphatic carbocycles. The minimum absolute atomic E-state index is 0.0233. The van der Waals surface area contributed by atoms with Gasteiger partial charge in [0.25, 0.3) is 0 Å². The first-order valence-corrected chi connectivity index (χ1v) is 6.10. The van der Waals surface area contributed by atoms with Gasteiger partial charge in [-0.15, -0.1) is 0 Å². The number of ether oxygens (including phenoxy) is 2. The van der Waals surface area contributed by atoms with E-state index in [0.29, 0.717) is 5.57 Å². The van der Waals surface area contributed by atoms with Crippen LogP contribution in [0.4, 0.5) is 0 Å². The lowest BCUT2D eigenvalue weighted by Crippen LogP contribution is -2.35. The first-order chi connectivity index (χ1) is 7.99. The zero-order chi connectivity index (χ0) is 14.6. The van der Waals surface area contributed by atoms with Crippen LogP contribution in [0.25, 0.3) is 0 Å². The molecule has 0 rings (SSSR count). The maximum absolute atomic E-state index is 11.7. The molecule has 0 saturated carbocycles. The molecule has 0 atom stereocenters. The Hall–Kier alpha value is -1.32. The summed E-state index contributed by atoms with van der Waals surface area (Å²) in [6.45, 7) is 14.1. The van der Waals surface area contributed by atoms with Gasteiger partial charge in [0.2, 0.25) is 0 Å². The lowest BCUT2D eigenvalue weighted by atomic mass is 10.0. The van der Waals surface area contributed by atoms with Gasteiger partial charge in [-0.05, 0) is 41.0 Å². The number of hydrogen-bond acceptors (Lipinski definition) is 4. The van der Waals surface area contributed by atoms with Crippen LogP contribution in [-0.2, 0) is 19.1 Å². The Balaban J connectivity index is 4.45. The molecule has 0 saturated heterocycles. The van der Waals surface area contributed by atoms with Crippen LogP contribution in [-0.4, -0.2) is 23.1 Å². The predicted octanol–water partition coefficient (Wildman–Crippen LogP) is 3.01. The van der Waals surface area contributed by atoms with Crippen LogP contribution < -0.4 is 0 Å². The zero-order valence-electron chi connectivity index (χ0n) is 12.3. The van der Waals surface area contributed by atoms with E-state index in [-0.39, 0.29) is 12.4 Å². The van der Waals surface area contributed by atoms with Crippen molar-refractivity contribution in [3.8, 4) is 0 Å². The highest BCUT2D eigenvalue weighted by Gasteiger charge is 2.30. The van der Waals surface area contributed by atoms with E-state index in [4.69, 9.17) is 9.47 Å². The molecule has 18 heavy (non-hydrogen) atoms. The Morgan fingerprint density at radius 1 is 1.06 bits per heavy atom. The highest BCUT2D eigenvalue weighted by Crippen LogP contribution is 2.21. The molecule has 0 aromatic rings. The molecule has 0 bridgehead atoms. The van der Waals surface area contributed by atoms with Crippen molar-refractivity contribution in [1.82, 2.24) is 0 Å². The van der Waals surface area contributed by atoms with E-state index in [0.717, 1.165) is 6.42 Å². The SMILES string of the molecule is C=C(C)C(=O)OC(C)(C)CC(=O)OC(C)(C)CC. The summed E-state index contributed by atoms with van der Waals surface area (Å²) in [4.78, 5) is 23.2. The van der Waals surface area contributed by atoms with E-state index < -0.39 is 17.2 Å². The third kappa shape index (κ3) is 6.42. The Kier molecular flexibility index (Phi) is 5.58. The Labute approximate surface area is 109 Å². The van der Waals surface area contributed by atoms with Gasteiger partial charge in [-0.1, -0.05) is 13.5 Å². The topological polar surface area (TPSA) is 52.6 Å². The Bertz CT molecular complexity index is 340. The summed E-state index contributed by atoms with van der Waals surface area (Å²) < 4.78 is 10.5. The molecule has 0 radical (unpaired) electrons. The van der Waals surface area contributed by atoms with Crippen molar-refractivity contribution in [2.75, 3.05) is 0 Å². The van der Waals surface area contributed by atoms with Crippen molar-refractivity contribution in [3.05, 3.63) is 12.2 Å². The van der Waals surface area contributed by atoms with Crippen molar-refractivity contribution in [2.24, 2.45) is 0 Å². The van der Waals surface area contributed by atoms with Gasteiger partial charge in [0.15, 0.2) is 0 Å². The van der Waals surface area contributed by atoms with Crippen molar-refractivity contribution in [2.45, 2.75) is 65.6 Å². The molecular weight excluding hydrogens is 232 g/mol. The standard InChI is InChI=1S/C14H24O4/c1-8-13(4,5)17-11(15)9-14(6,7)18-12(16)10(2)3/h2,8-9H2,1,3-7H3.